The predicted molar refractivity (Wildman–Crippen MR) is 96.8 cm³/mol. The molecule has 0 aliphatic rings. The molecule has 0 unspecified atom stereocenters. The van der Waals surface area contributed by atoms with Crippen molar-refractivity contribution < 1.29 is 0 Å². The van der Waals surface area contributed by atoms with Gasteiger partial charge in [0.05, 0.1) is 17.6 Å². The highest BCUT2D eigenvalue weighted by molar-refractivity contribution is 9.10. The van der Waals surface area contributed by atoms with Gasteiger partial charge in [-0.1, -0.05) is 34.5 Å². The van der Waals surface area contributed by atoms with Crippen molar-refractivity contribution in [3.05, 3.63) is 44.4 Å². The van der Waals surface area contributed by atoms with Gasteiger partial charge >= 0.3 is 0 Å². The van der Waals surface area contributed by atoms with Gasteiger partial charge in [-0.2, -0.15) is 4.98 Å². The second-order valence-corrected chi connectivity index (χ2v) is 6.68. The summed E-state index contributed by atoms with van der Waals surface area (Å²) in [5.41, 5.74) is 10.8. The normalized spacial score (nSPS) is 11.3. The Hall–Kier alpha value is -1.66. The summed E-state index contributed by atoms with van der Waals surface area (Å²) < 4.78 is 3.12. The fraction of sp³-hybridized carbons (Fsp3) is 0.312. The first kappa shape index (κ1) is 16.2. The van der Waals surface area contributed by atoms with Gasteiger partial charge in [0.2, 0.25) is 5.95 Å². The average Bonchev–Trinajstić information content (AvgIpc) is 2.86. The molecular formula is C16H17BrClN5. The van der Waals surface area contributed by atoms with Gasteiger partial charge < -0.3 is 10.3 Å². The van der Waals surface area contributed by atoms with Gasteiger partial charge in [0.1, 0.15) is 10.8 Å². The molecule has 3 aromatic rings. The van der Waals surface area contributed by atoms with Crippen LogP contribution < -0.4 is 5.73 Å². The Morgan fingerprint density at radius 2 is 2.04 bits per heavy atom. The first-order chi connectivity index (χ1) is 10.9. The van der Waals surface area contributed by atoms with Crippen molar-refractivity contribution in [1.29, 1.82) is 0 Å². The zero-order valence-electron chi connectivity index (χ0n) is 13.2. The molecule has 0 spiro atoms. The van der Waals surface area contributed by atoms with Gasteiger partial charge in [0, 0.05) is 16.9 Å². The van der Waals surface area contributed by atoms with E-state index >= 15 is 0 Å². The van der Waals surface area contributed by atoms with Crippen LogP contribution in [0.1, 0.15) is 29.3 Å². The van der Waals surface area contributed by atoms with Gasteiger partial charge in [-0.3, -0.25) is 4.98 Å². The number of aryl methyl sites for hydroxylation is 2. The molecule has 0 fully saturated rings. The lowest BCUT2D eigenvalue weighted by molar-refractivity contribution is 0.783. The van der Waals surface area contributed by atoms with Gasteiger partial charge in [-0.25, -0.2) is 4.98 Å². The molecular weight excluding hydrogens is 378 g/mol. The van der Waals surface area contributed by atoms with E-state index in [0.717, 1.165) is 44.3 Å². The number of nitrogen functional groups attached to an aromatic ring is 1. The van der Waals surface area contributed by atoms with Gasteiger partial charge in [0.15, 0.2) is 0 Å². The highest BCUT2D eigenvalue weighted by atomic mass is 79.9. The molecule has 0 bridgehead atoms. The largest absolute Gasteiger partial charge is 0.368 e. The van der Waals surface area contributed by atoms with E-state index in [2.05, 4.69) is 50.9 Å². The molecule has 0 aliphatic heterocycles. The van der Waals surface area contributed by atoms with Crippen LogP contribution in [-0.4, -0.2) is 19.5 Å². The van der Waals surface area contributed by atoms with Crippen molar-refractivity contribution in [2.45, 2.75) is 33.7 Å². The van der Waals surface area contributed by atoms with Crippen molar-refractivity contribution in [3.63, 3.8) is 0 Å². The second kappa shape index (κ2) is 6.09. The second-order valence-electron chi connectivity index (χ2n) is 5.53. The maximum atomic E-state index is 6.27. The Balaban J connectivity index is 2.16. The number of hydrogen-bond donors (Lipinski definition) is 1. The third-order valence-corrected chi connectivity index (χ3v) is 5.48. The fourth-order valence-corrected chi connectivity index (χ4v) is 3.32. The number of fused-ring (bicyclic) bond motifs is 1. The van der Waals surface area contributed by atoms with Gasteiger partial charge in [-0.15, -0.1) is 0 Å². The summed E-state index contributed by atoms with van der Waals surface area (Å²) in [6.45, 7) is 6.77. The van der Waals surface area contributed by atoms with Gasteiger partial charge in [-0.05, 0) is 37.0 Å². The smallest absolute Gasteiger partial charge is 0.223 e. The van der Waals surface area contributed by atoms with E-state index in [1.165, 1.54) is 0 Å². The topological polar surface area (TPSA) is 69.6 Å². The lowest BCUT2D eigenvalue weighted by Crippen LogP contribution is -2.06. The van der Waals surface area contributed by atoms with Crippen LogP contribution in [0.15, 0.2) is 16.9 Å². The number of nitrogens with zero attached hydrogens (tertiary/aromatic N) is 4. The third kappa shape index (κ3) is 2.81. The molecule has 3 aromatic heterocycles. The van der Waals surface area contributed by atoms with Crippen LogP contribution in [0.3, 0.4) is 0 Å². The first-order valence-corrected chi connectivity index (χ1v) is 8.50. The van der Waals surface area contributed by atoms with Gasteiger partial charge in [0.25, 0.3) is 0 Å². The third-order valence-electron chi connectivity index (χ3n) is 3.99. The molecule has 0 amide bonds. The quantitative estimate of drug-likeness (QED) is 0.680. The molecule has 0 aromatic carbocycles. The van der Waals surface area contributed by atoms with Crippen molar-refractivity contribution in [1.82, 2.24) is 19.5 Å². The van der Waals surface area contributed by atoms with E-state index in [0.29, 0.717) is 11.7 Å². The number of rotatable bonds is 3. The number of nitrogens with two attached hydrogens (primary N) is 1. The maximum absolute atomic E-state index is 6.27. The Labute approximate surface area is 148 Å². The first-order valence-electron chi connectivity index (χ1n) is 7.33. The molecule has 0 radical (unpaired) electrons. The zero-order valence-corrected chi connectivity index (χ0v) is 15.5. The molecule has 5 nitrogen and oxygen atoms in total. The van der Waals surface area contributed by atoms with Crippen LogP contribution in [0.4, 0.5) is 5.95 Å². The monoisotopic (exact) mass is 393 g/mol. The molecule has 0 aliphatic carbocycles. The Morgan fingerprint density at radius 3 is 2.74 bits per heavy atom. The van der Waals surface area contributed by atoms with E-state index in [9.17, 15) is 0 Å². The number of anilines is 1. The standard InChI is InChI=1S/C16H17BrClN5/c1-4-10-6-23(15-12(10)14(18)21-16(19)22-15)7-11-9(3)13(17)8(2)5-20-11/h5-6H,4,7H2,1-3H3,(H2,19,21,22). The Morgan fingerprint density at radius 1 is 1.30 bits per heavy atom. The van der Waals surface area contributed by atoms with E-state index < -0.39 is 0 Å². The van der Waals surface area contributed by atoms with Crippen LogP contribution in [-0.2, 0) is 13.0 Å². The highest BCUT2D eigenvalue weighted by Gasteiger charge is 2.16. The summed E-state index contributed by atoms with van der Waals surface area (Å²) in [6, 6.07) is 0. The summed E-state index contributed by atoms with van der Waals surface area (Å²) in [5, 5.41) is 1.27. The summed E-state index contributed by atoms with van der Waals surface area (Å²) >= 11 is 9.89. The average molecular weight is 395 g/mol. The Bertz CT molecular complexity index is 903. The van der Waals surface area contributed by atoms with Crippen LogP contribution in [0, 0.1) is 13.8 Å². The lowest BCUT2D eigenvalue weighted by Gasteiger charge is -2.10. The number of pyridine rings is 1. The molecule has 7 heteroatoms. The van der Waals surface area contributed by atoms with Crippen LogP contribution >= 0.6 is 27.5 Å². The molecule has 0 saturated heterocycles. The molecule has 23 heavy (non-hydrogen) atoms. The fourth-order valence-electron chi connectivity index (χ4n) is 2.70. The molecule has 0 atom stereocenters. The SMILES string of the molecule is CCc1cn(Cc2ncc(C)c(Br)c2C)c2nc(N)nc(Cl)c12. The van der Waals surface area contributed by atoms with Crippen LogP contribution in [0.5, 0.6) is 0 Å². The molecule has 2 N–H and O–H groups in total. The zero-order chi connectivity index (χ0) is 16.7. The number of halogens is 2. The Kier molecular flexibility index (Phi) is 4.29. The molecule has 120 valence electrons. The summed E-state index contributed by atoms with van der Waals surface area (Å²) in [6.07, 6.45) is 4.77. The number of aromatic nitrogens is 4. The maximum Gasteiger partial charge on any atom is 0.223 e. The van der Waals surface area contributed by atoms with E-state index in [1.807, 2.05) is 17.7 Å². The van der Waals surface area contributed by atoms with Crippen molar-refractivity contribution in [2.24, 2.45) is 0 Å². The van der Waals surface area contributed by atoms with Crippen molar-refractivity contribution in [2.75, 3.05) is 5.73 Å². The molecule has 3 rings (SSSR count). The van der Waals surface area contributed by atoms with Crippen molar-refractivity contribution >= 4 is 44.5 Å². The summed E-state index contributed by atoms with van der Waals surface area (Å²) in [5.74, 6) is 0.180. The number of hydrogen-bond acceptors (Lipinski definition) is 4. The molecule has 0 saturated carbocycles. The van der Waals surface area contributed by atoms with Crippen molar-refractivity contribution in [3.8, 4) is 0 Å². The lowest BCUT2D eigenvalue weighted by atomic mass is 10.1. The minimum atomic E-state index is 0.180. The van der Waals surface area contributed by atoms with Crippen LogP contribution in [0.2, 0.25) is 5.15 Å². The molecule has 3 heterocycles. The van der Waals surface area contributed by atoms with E-state index in [1.54, 1.807) is 0 Å². The summed E-state index contributed by atoms with van der Waals surface area (Å²) in [7, 11) is 0. The van der Waals surface area contributed by atoms with E-state index in [4.69, 9.17) is 17.3 Å². The summed E-state index contributed by atoms with van der Waals surface area (Å²) in [4.78, 5) is 13.0. The highest BCUT2D eigenvalue weighted by Crippen LogP contribution is 2.29. The minimum absolute atomic E-state index is 0.180. The van der Waals surface area contributed by atoms with E-state index in [-0.39, 0.29) is 5.95 Å². The minimum Gasteiger partial charge on any atom is -0.368 e. The van der Waals surface area contributed by atoms with Crippen LogP contribution in [0.25, 0.3) is 11.0 Å². The predicted octanol–water partition coefficient (Wildman–Crippen LogP) is 4.05.